The van der Waals surface area contributed by atoms with Crippen LogP contribution in [0.5, 0.6) is 0 Å². The van der Waals surface area contributed by atoms with E-state index in [0.29, 0.717) is 37.3 Å². The number of ether oxygens (including phenoxy) is 1. The molecule has 1 atom stereocenters. The Kier molecular flexibility index (Phi) is 6.47. The number of nitrogens with zero attached hydrogens (tertiary/aromatic N) is 3. The molecule has 1 fully saturated rings. The highest BCUT2D eigenvalue weighted by Crippen LogP contribution is 2.38. The van der Waals surface area contributed by atoms with Crippen LogP contribution >= 0.6 is 0 Å². The second kappa shape index (κ2) is 8.38. The Balaban J connectivity index is 2.35. The van der Waals surface area contributed by atoms with Crippen molar-refractivity contribution in [3.8, 4) is 0 Å². The van der Waals surface area contributed by atoms with Gasteiger partial charge in [0.2, 0.25) is 0 Å². The molecule has 0 bridgehead atoms. The second-order valence-electron chi connectivity index (χ2n) is 7.06. The van der Waals surface area contributed by atoms with Gasteiger partial charge in [-0.1, -0.05) is 33.1 Å². The summed E-state index contributed by atoms with van der Waals surface area (Å²) in [6.45, 7) is 8.31. The molecule has 1 aromatic rings. The lowest BCUT2D eigenvalue weighted by atomic mass is 9.80. The zero-order valence-electron chi connectivity index (χ0n) is 15.2. The van der Waals surface area contributed by atoms with Crippen molar-refractivity contribution in [3.63, 3.8) is 0 Å². The molecule has 0 amide bonds. The highest BCUT2D eigenvalue weighted by molar-refractivity contribution is 5.78. The van der Waals surface area contributed by atoms with Gasteiger partial charge in [-0.05, 0) is 29.3 Å². The fourth-order valence-electron chi connectivity index (χ4n) is 3.15. The summed E-state index contributed by atoms with van der Waals surface area (Å²) in [7, 11) is 0. The van der Waals surface area contributed by atoms with Gasteiger partial charge in [0, 0.05) is 18.0 Å². The maximum atomic E-state index is 11.5. The summed E-state index contributed by atoms with van der Waals surface area (Å²) in [5, 5.41) is 11.5. The molecular weight excluding hydrogens is 322 g/mol. The molecule has 138 valence electrons. The van der Waals surface area contributed by atoms with Crippen molar-refractivity contribution >= 4 is 17.8 Å². The van der Waals surface area contributed by atoms with E-state index in [0.717, 1.165) is 25.7 Å². The quantitative estimate of drug-likeness (QED) is 0.278. The predicted octanol–water partition coefficient (Wildman–Crippen LogP) is 3.61. The molecule has 7 heteroatoms. The van der Waals surface area contributed by atoms with Crippen molar-refractivity contribution in [1.82, 2.24) is 4.98 Å². The van der Waals surface area contributed by atoms with Crippen molar-refractivity contribution in [2.75, 3.05) is 24.7 Å². The molecule has 1 aromatic heterocycles. The largest absolute Gasteiger partial charge is 0.387 e. The van der Waals surface area contributed by atoms with Gasteiger partial charge in [-0.2, -0.15) is 0 Å². The third-order valence-electron chi connectivity index (χ3n) is 5.08. The summed E-state index contributed by atoms with van der Waals surface area (Å²) in [6, 6.07) is 1.63. The van der Waals surface area contributed by atoms with Crippen LogP contribution in [-0.4, -0.2) is 42.0 Å². The third-order valence-corrected chi connectivity index (χ3v) is 5.08. The Labute approximate surface area is 148 Å². The minimum Gasteiger partial charge on any atom is -0.380 e. The number of aromatic nitrogens is 1. The maximum absolute atomic E-state index is 11.5. The molecule has 1 aliphatic heterocycles. The zero-order chi connectivity index (χ0) is 18.4. The van der Waals surface area contributed by atoms with E-state index in [1.165, 1.54) is 6.20 Å². The van der Waals surface area contributed by atoms with E-state index in [9.17, 15) is 14.9 Å². The average molecular weight is 349 g/mol. The molecule has 1 saturated heterocycles. The van der Waals surface area contributed by atoms with Gasteiger partial charge in [-0.15, -0.1) is 0 Å². The van der Waals surface area contributed by atoms with Crippen molar-refractivity contribution < 1.29 is 14.5 Å². The van der Waals surface area contributed by atoms with Crippen LogP contribution in [0.3, 0.4) is 0 Å². The summed E-state index contributed by atoms with van der Waals surface area (Å²) in [5.41, 5.74) is 0.712. The lowest BCUT2D eigenvalue weighted by Crippen LogP contribution is -2.55. The monoisotopic (exact) mass is 349 g/mol. The first kappa shape index (κ1) is 19.3. The number of carbonyl (C=O) groups is 1. The molecule has 0 aliphatic carbocycles. The van der Waals surface area contributed by atoms with Gasteiger partial charge < -0.3 is 19.8 Å². The number of unbranched alkanes of at least 4 members (excludes halogenated alkanes) is 3. The van der Waals surface area contributed by atoms with Gasteiger partial charge in [0.1, 0.15) is 5.69 Å². The third kappa shape index (κ3) is 4.34. The van der Waals surface area contributed by atoms with E-state index >= 15 is 0 Å². The normalized spacial score (nSPS) is 16.8. The molecule has 0 N–H and O–H groups in total. The Morgan fingerprint density at radius 1 is 1.44 bits per heavy atom. The van der Waals surface area contributed by atoms with Gasteiger partial charge in [0.15, 0.2) is 12.5 Å². The van der Waals surface area contributed by atoms with Crippen LogP contribution in [0.1, 0.15) is 56.8 Å². The van der Waals surface area contributed by atoms with Gasteiger partial charge in [0.25, 0.3) is 0 Å². The van der Waals surface area contributed by atoms with E-state index in [1.807, 2.05) is 4.90 Å². The Morgan fingerprint density at radius 2 is 2.16 bits per heavy atom. The minimum atomic E-state index is -0.477. The van der Waals surface area contributed by atoms with E-state index in [1.54, 1.807) is 6.07 Å². The van der Waals surface area contributed by atoms with E-state index in [-0.39, 0.29) is 17.3 Å². The number of aldehydes is 1. The molecule has 2 heterocycles. The van der Waals surface area contributed by atoms with Crippen molar-refractivity contribution in [2.24, 2.45) is 5.41 Å². The molecule has 1 unspecified atom stereocenters. The van der Waals surface area contributed by atoms with E-state index < -0.39 is 4.92 Å². The number of hydrogen-bond acceptors (Lipinski definition) is 6. The number of carbonyl (C=O) groups excluding carboxylic acids is 1. The van der Waals surface area contributed by atoms with Crippen LogP contribution in [0.4, 0.5) is 11.5 Å². The number of hydrogen-bond donors (Lipinski definition) is 0. The maximum Gasteiger partial charge on any atom is 0.387 e. The first-order valence-electron chi connectivity index (χ1n) is 8.87. The summed E-state index contributed by atoms with van der Waals surface area (Å²) >= 11 is 0. The topological polar surface area (TPSA) is 85.6 Å². The van der Waals surface area contributed by atoms with Crippen LogP contribution in [0.15, 0.2) is 12.3 Å². The van der Waals surface area contributed by atoms with Crippen molar-refractivity contribution in [2.45, 2.75) is 52.5 Å². The second-order valence-corrected chi connectivity index (χ2v) is 7.06. The molecule has 2 rings (SSSR count). The molecule has 1 aliphatic rings. The fourth-order valence-corrected chi connectivity index (χ4v) is 3.15. The summed E-state index contributed by atoms with van der Waals surface area (Å²) < 4.78 is 5.38. The molecule has 0 aromatic carbocycles. The van der Waals surface area contributed by atoms with Crippen LogP contribution in [0.25, 0.3) is 0 Å². The molecule has 0 radical (unpaired) electrons. The summed E-state index contributed by atoms with van der Waals surface area (Å²) in [6.07, 6.45) is 6.21. The number of pyridine rings is 1. The molecule has 0 saturated carbocycles. The molecular formula is C18H27N3O4. The average Bonchev–Trinajstić information content (AvgIpc) is 2.58. The minimum absolute atomic E-state index is 0.0466. The van der Waals surface area contributed by atoms with Crippen molar-refractivity contribution in [3.05, 3.63) is 27.9 Å². The standard InChI is InChI=1S/C18H27N3O4/c1-4-5-6-7-8-20(14(2)18(3)12-25-13-18)16-9-15(11-22)10-19-17(16)21(23)24/h9-11,14H,4-8,12-13H2,1-3H3. The Hall–Kier alpha value is -2.02. The highest BCUT2D eigenvalue weighted by atomic mass is 16.6. The number of anilines is 1. The fraction of sp³-hybridized carbons (Fsp3) is 0.667. The van der Waals surface area contributed by atoms with Gasteiger partial charge >= 0.3 is 5.82 Å². The van der Waals surface area contributed by atoms with E-state index in [2.05, 4.69) is 25.8 Å². The summed E-state index contributed by atoms with van der Waals surface area (Å²) in [5.74, 6) is -0.197. The lowest BCUT2D eigenvalue weighted by Gasteiger charge is -2.48. The lowest BCUT2D eigenvalue weighted by molar-refractivity contribution is -0.388. The highest BCUT2D eigenvalue weighted by Gasteiger charge is 2.43. The Bertz CT molecular complexity index is 616. The zero-order valence-corrected chi connectivity index (χ0v) is 15.2. The van der Waals surface area contributed by atoms with Crippen molar-refractivity contribution in [1.29, 1.82) is 0 Å². The van der Waals surface area contributed by atoms with Crippen LogP contribution in [0.2, 0.25) is 0 Å². The SMILES string of the molecule is CCCCCCN(c1cc(C=O)cnc1[N+](=O)[O-])C(C)C1(C)COC1. The number of rotatable bonds is 10. The first-order valence-corrected chi connectivity index (χ1v) is 8.87. The van der Waals surface area contributed by atoms with E-state index in [4.69, 9.17) is 4.74 Å². The molecule has 0 spiro atoms. The molecule has 25 heavy (non-hydrogen) atoms. The van der Waals surface area contributed by atoms with Gasteiger partial charge in [-0.3, -0.25) is 4.79 Å². The van der Waals surface area contributed by atoms with Gasteiger partial charge in [-0.25, -0.2) is 0 Å². The molecule has 7 nitrogen and oxygen atoms in total. The Morgan fingerprint density at radius 3 is 2.68 bits per heavy atom. The smallest absolute Gasteiger partial charge is 0.380 e. The predicted molar refractivity (Wildman–Crippen MR) is 96.2 cm³/mol. The summed E-state index contributed by atoms with van der Waals surface area (Å²) in [4.78, 5) is 28.1. The van der Waals surface area contributed by atoms with Gasteiger partial charge in [0.05, 0.1) is 18.8 Å². The van der Waals surface area contributed by atoms with Crippen LogP contribution < -0.4 is 4.90 Å². The van der Waals surface area contributed by atoms with Crippen LogP contribution in [0, 0.1) is 15.5 Å². The number of nitro groups is 1. The first-order chi connectivity index (χ1) is 11.9. The van der Waals surface area contributed by atoms with Crippen LogP contribution in [-0.2, 0) is 4.74 Å².